The summed E-state index contributed by atoms with van der Waals surface area (Å²) in [5, 5.41) is 24.0. The molecule has 2 aromatic carbocycles. The van der Waals surface area contributed by atoms with Crippen molar-refractivity contribution in [2.24, 2.45) is 0 Å². The van der Waals surface area contributed by atoms with E-state index in [0.717, 1.165) is 29.3 Å². The molecule has 0 spiro atoms. The number of nitro benzene ring substituents is 2. The van der Waals surface area contributed by atoms with E-state index < -0.39 is 27.1 Å². The van der Waals surface area contributed by atoms with Gasteiger partial charge >= 0.3 is 0 Å². The van der Waals surface area contributed by atoms with Crippen LogP contribution in [0.25, 0.3) is 6.08 Å². The molecule has 0 saturated carbocycles. The molecule has 0 saturated heterocycles. The first kappa shape index (κ1) is 16.8. The maximum Gasteiger partial charge on any atom is 0.299 e. The smallest absolute Gasteiger partial charge is 0.299 e. The molecule has 0 aliphatic carbocycles. The van der Waals surface area contributed by atoms with Crippen molar-refractivity contribution in [1.29, 1.82) is 0 Å². The predicted molar refractivity (Wildman–Crippen MR) is 88.6 cm³/mol. The van der Waals surface area contributed by atoms with Gasteiger partial charge in [-0.1, -0.05) is 29.8 Å². The molecule has 2 rings (SSSR count). The van der Waals surface area contributed by atoms with Gasteiger partial charge in [-0.3, -0.25) is 25.0 Å². The third kappa shape index (κ3) is 4.23. The van der Waals surface area contributed by atoms with Crippen LogP contribution in [0.15, 0.2) is 48.5 Å². The van der Waals surface area contributed by atoms with Crippen LogP contribution in [0, 0.1) is 27.2 Å². The van der Waals surface area contributed by atoms with Crippen LogP contribution < -0.4 is 5.32 Å². The minimum Gasteiger partial charge on any atom is -0.317 e. The fourth-order valence-corrected chi connectivity index (χ4v) is 1.91. The molecule has 8 nitrogen and oxygen atoms in total. The van der Waals surface area contributed by atoms with Crippen LogP contribution in [0.2, 0.25) is 0 Å². The highest BCUT2D eigenvalue weighted by molar-refractivity contribution is 6.03. The quantitative estimate of drug-likeness (QED) is 0.513. The highest BCUT2D eigenvalue weighted by atomic mass is 16.6. The summed E-state index contributed by atoms with van der Waals surface area (Å²) in [6.07, 6.45) is 2.79. The number of nitro groups is 2. The molecule has 0 heterocycles. The Hall–Kier alpha value is -3.55. The number of hydrogen-bond donors (Lipinski definition) is 1. The number of carbonyl (C=O) groups is 1. The van der Waals surface area contributed by atoms with E-state index in [9.17, 15) is 25.0 Å². The summed E-state index contributed by atoms with van der Waals surface area (Å²) in [5.41, 5.74) is 0.812. The van der Waals surface area contributed by atoms with Gasteiger partial charge < -0.3 is 5.32 Å². The second-order valence-electron chi connectivity index (χ2n) is 4.95. The average molecular weight is 327 g/mol. The van der Waals surface area contributed by atoms with Crippen LogP contribution in [0.5, 0.6) is 0 Å². The summed E-state index contributed by atoms with van der Waals surface area (Å²) >= 11 is 0. The van der Waals surface area contributed by atoms with Gasteiger partial charge in [0.1, 0.15) is 5.69 Å². The van der Waals surface area contributed by atoms with Crippen LogP contribution in [0.4, 0.5) is 17.1 Å². The van der Waals surface area contributed by atoms with Crippen molar-refractivity contribution in [3.63, 3.8) is 0 Å². The van der Waals surface area contributed by atoms with Crippen molar-refractivity contribution in [1.82, 2.24) is 0 Å². The van der Waals surface area contributed by atoms with Gasteiger partial charge in [-0.25, -0.2) is 0 Å². The SMILES string of the molecule is Cc1ccc(C=CC(=O)Nc2ccc([N+](=O)[O-])cc2[N+](=O)[O-])cc1. The number of amides is 1. The lowest BCUT2D eigenvalue weighted by Crippen LogP contribution is -2.09. The normalized spacial score (nSPS) is 10.5. The molecule has 0 aliphatic rings. The first-order chi connectivity index (χ1) is 11.4. The third-order valence-electron chi connectivity index (χ3n) is 3.15. The summed E-state index contributed by atoms with van der Waals surface area (Å²) in [6.45, 7) is 1.94. The summed E-state index contributed by atoms with van der Waals surface area (Å²) in [4.78, 5) is 32.0. The van der Waals surface area contributed by atoms with E-state index in [1.54, 1.807) is 6.08 Å². The zero-order valence-corrected chi connectivity index (χ0v) is 12.6. The van der Waals surface area contributed by atoms with Gasteiger partial charge in [-0.15, -0.1) is 0 Å². The number of benzene rings is 2. The van der Waals surface area contributed by atoms with Crippen LogP contribution in [0.1, 0.15) is 11.1 Å². The molecule has 8 heteroatoms. The van der Waals surface area contributed by atoms with E-state index in [1.165, 1.54) is 6.08 Å². The maximum atomic E-state index is 11.9. The minimum atomic E-state index is -0.785. The molecular formula is C16H13N3O5. The Morgan fingerprint density at radius 2 is 1.71 bits per heavy atom. The largest absolute Gasteiger partial charge is 0.317 e. The molecule has 2 aromatic rings. The average Bonchev–Trinajstić information content (AvgIpc) is 2.54. The standard InChI is InChI=1S/C16H13N3O5/c1-11-2-4-12(5-3-11)6-9-16(20)17-14-8-7-13(18(21)22)10-15(14)19(23)24/h2-10H,1H3,(H,17,20). The van der Waals surface area contributed by atoms with Gasteiger partial charge in [-0.05, 0) is 24.6 Å². The van der Waals surface area contributed by atoms with E-state index in [0.29, 0.717) is 0 Å². The van der Waals surface area contributed by atoms with Crippen LogP contribution >= 0.6 is 0 Å². The number of nitrogens with one attached hydrogen (secondary N) is 1. The highest BCUT2D eigenvalue weighted by Crippen LogP contribution is 2.28. The van der Waals surface area contributed by atoms with Gasteiger partial charge in [0.25, 0.3) is 11.4 Å². The summed E-state index contributed by atoms with van der Waals surface area (Å²) in [6, 6.07) is 10.5. The third-order valence-corrected chi connectivity index (χ3v) is 3.15. The van der Waals surface area contributed by atoms with E-state index in [1.807, 2.05) is 31.2 Å². The number of anilines is 1. The molecule has 0 aromatic heterocycles. The van der Waals surface area contributed by atoms with Crippen LogP contribution in [-0.2, 0) is 4.79 Å². The number of rotatable bonds is 5. The fourth-order valence-electron chi connectivity index (χ4n) is 1.91. The molecular weight excluding hydrogens is 314 g/mol. The molecule has 0 unspecified atom stereocenters. The van der Waals surface area contributed by atoms with Gasteiger partial charge in [0.15, 0.2) is 0 Å². The van der Waals surface area contributed by atoms with Crippen molar-refractivity contribution < 1.29 is 14.6 Å². The second-order valence-corrected chi connectivity index (χ2v) is 4.95. The summed E-state index contributed by atoms with van der Waals surface area (Å²) < 4.78 is 0. The lowest BCUT2D eigenvalue weighted by molar-refractivity contribution is -0.393. The number of aryl methyl sites for hydroxylation is 1. The zero-order valence-electron chi connectivity index (χ0n) is 12.6. The minimum absolute atomic E-state index is 0.107. The van der Waals surface area contributed by atoms with E-state index in [4.69, 9.17) is 0 Å². The first-order valence-corrected chi connectivity index (χ1v) is 6.85. The lowest BCUT2D eigenvalue weighted by Gasteiger charge is -2.03. The number of non-ortho nitro benzene ring substituents is 1. The Morgan fingerprint density at radius 1 is 1.04 bits per heavy atom. The Kier molecular flexibility index (Phi) is 5.00. The number of nitrogens with zero attached hydrogens (tertiary/aromatic N) is 2. The maximum absolute atomic E-state index is 11.9. The molecule has 0 fully saturated rings. The van der Waals surface area contributed by atoms with Crippen molar-refractivity contribution in [3.8, 4) is 0 Å². The van der Waals surface area contributed by atoms with Gasteiger partial charge in [0.05, 0.1) is 15.9 Å². The van der Waals surface area contributed by atoms with Gasteiger partial charge in [0.2, 0.25) is 5.91 Å². The van der Waals surface area contributed by atoms with Crippen LogP contribution in [0.3, 0.4) is 0 Å². The monoisotopic (exact) mass is 327 g/mol. The summed E-state index contributed by atoms with van der Waals surface area (Å²) in [7, 11) is 0. The molecule has 1 amide bonds. The number of hydrogen-bond acceptors (Lipinski definition) is 5. The first-order valence-electron chi connectivity index (χ1n) is 6.85. The zero-order chi connectivity index (χ0) is 17.7. The van der Waals surface area contributed by atoms with Crippen LogP contribution in [-0.4, -0.2) is 15.8 Å². The molecule has 122 valence electrons. The predicted octanol–water partition coefficient (Wildman–Crippen LogP) is 3.46. The lowest BCUT2D eigenvalue weighted by atomic mass is 10.1. The van der Waals surface area contributed by atoms with E-state index >= 15 is 0 Å². The van der Waals surface area contributed by atoms with Gasteiger partial charge in [0, 0.05) is 12.1 Å². The number of carbonyl (C=O) groups excluding carboxylic acids is 1. The molecule has 0 aliphatic heterocycles. The fraction of sp³-hybridized carbons (Fsp3) is 0.0625. The Bertz CT molecular complexity index is 828. The van der Waals surface area contributed by atoms with Crippen molar-refractivity contribution in [2.75, 3.05) is 5.32 Å². The Morgan fingerprint density at radius 3 is 2.29 bits per heavy atom. The molecule has 0 radical (unpaired) electrons. The molecule has 0 atom stereocenters. The van der Waals surface area contributed by atoms with Crippen molar-refractivity contribution in [2.45, 2.75) is 6.92 Å². The molecule has 0 bridgehead atoms. The van der Waals surface area contributed by atoms with E-state index in [2.05, 4.69) is 5.32 Å². The van der Waals surface area contributed by atoms with Crippen molar-refractivity contribution in [3.05, 3.63) is 79.9 Å². The molecule has 24 heavy (non-hydrogen) atoms. The van der Waals surface area contributed by atoms with Gasteiger partial charge in [-0.2, -0.15) is 0 Å². The second kappa shape index (κ2) is 7.14. The van der Waals surface area contributed by atoms with Crippen molar-refractivity contribution >= 4 is 29.0 Å². The highest BCUT2D eigenvalue weighted by Gasteiger charge is 2.20. The molecule has 1 N–H and O–H groups in total. The summed E-state index contributed by atoms with van der Waals surface area (Å²) in [5.74, 6) is -0.576. The topological polar surface area (TPSA) is 115 Å². The Labute approximate surface area is 136 Å². The van der Waals surface area contributed by atoms with E-state index in [-0.39, 0.29) is 5.69 Å². The Balaban J connectivity index is 2.17.